The Morgan fingerprint density at radius 3 is 2.45 bits per heavy atom. The topological polar surface area (TPSA) is 47.6 Å². The molecule has 0 radical (unpaired) electrons. The largest absolute Gasteiger partial charge is 0.369 e. The van der Waals surface area contributed by atoms with Crippen molar-refractivity contribution < 1.29 is 9.18 Å². The molecule has 2 aliphatic heterocycles. The highest BCUT2D eigenvalue weighted by Gasteiger charge is 2.24. The number of hydrogen-bond donors (Lipinski definition) is 2. The predicted octanol–water partition coefficient (Wildman–Crippen LogP) is 0.283. The van der Waals surface area contributed by atoms with E-state index in [2.05, 4.69) is 20.4 Å². The number of benzene rings is 1. The van der Waals surface area contributed by atoms with Gasteiger partial charge in [-0.3, -0.25) is 9.69 Å². The fourth-order valence-corrected chi connectivity index (χ4v) is 2.84. The van der Waals surface area contributed by atoms with Crippen LogP contribution in [0.3, 0.4) is 0 Å². The summed E-state index contributed by atoms with van der Waals surface area (Å²) >= 11 is 0. The molecule has 1 aromatic carbocycles. The third-order valence-corrected chi connectivity index (χ3v) is 4.44. The van der Waals surface area contributed by atoms with Crippen molar-refractivity contribution in [1.82, 2.24) is 15.5 Å². The lowest BCUT2D eigenvalue weighted by molar-refractivity contribution is -0.126. The molecule has 1 aromatic rings. The van der Waals surface area contributed by atoms with Crippen molar-refractivity contribution in [3.8, 4) is 0 Å². The van der Waals surface area contributed by atoms with Gasteiger partial charge in [0, 0.05) is 58.0 Å². The van der Waals surface area contributed by atoms with Crippen LogP contribution in [0.25, 0.3) is 0 Å². The molecular weight excluding hydrogens is 283 g/mol. The number of amides is 1. The molecule has 0 bridgehead atoms. The molecular formula is C16H23FN4O. The summed E-state index contributed by atoms with van der Waals surface area (Å²) < 4.78 is 12.9. The Morgan fingerprint density at radius 2 is 1.86 bits per heavy atom. The summed E-state index contributed by atoms with van der Waals surface area (Å²) in [6.07, 6.45) is 0. The molecule has 1 amide bonds. The average Bonchev–Trinajstić information content (AvgIpc) is 2.47. The number of carbonyl (C=O) groups is 1. The molecule has 6 heteroatoms. The molecule has 3 rings (SSSR count). The van der Waals surface area contributed by atoms with E-state index in [-0.39, 0.29) is 17.6 Å². The third kappa shape index (κ3) is 3.75. The van der Waals surface area contributed by atoms with Crippen LogP contribution in [0, 0.1) is 11.7 Å². The first kappa shape index (κ1) is 15.2. The van der Waals surface area contributed by atoms with Gasteiger partial charge in [0.15, 0.2) is 0 Å². The molecule has 2 saturated heterocycles. The average molecular weight is 306 g/mol. The van der Waals surface area contributed by atoms with Crippen LogP contribution in [0.15, 0.2) is 24.3 Å². The van der Waals surface area contributed by atoms with Gasteiger partial charge in [0.2, 0.25) is 5.91 Å². The standard InChI is InChI=1S/C16H23FN4O/c17-14-1-3-15(4-2-14)21-9-7-20(8-10-21)6-5-19-16(22)13-11-18-12-13/h1-4,13,18H,5-12H2,(H,19,22). The van der Waals surface area contributed by atoms with Crippen LogP contribution in [0.4, 0.5) is 10.1 Å². The molecule has 0 aromatic heterocycles. The number of nitrogens with zero attached hydrogens (tertiary/aromatic N) is 2. The number of piperazine rings is 1. The van der Waals surface area contributed by atoms with Crippen molar-refractivity contribution in [3.63, 3.8) is 0 Å². The number of hydrogen-bond acceptors (Lipinski definition) is 4. The summed E-state index contributed by atoms with van der Waals surface area (Å²) in [4.78, 5) is 16.4. The second-order valence-corrected chi connectivity index (χ2v) is 5.95. The SMILES string of the molecule is O=C(NCCN1CCN(c2ccc(F)cc2)CC1)C1CNC1. The summed E-state index contributed by atoms with van der Waals surface area (Å²) in [5.74, 6) is 0.138. The lowest BCUT2D eigenvalue weighted by atomic mass is 10.0. The highest BCUT2D eigenvalue weighted by atomic mass is 19.1. The van der Waals surface area contributed by atoms with Crippen molar-refractivity contribution in [3.05, 3.63) is 30.1 Å². The highest BCUT2D eigenvalue weighted by molar-refractivity contribution is 5.79. The Kier molecular flexibility index (Phi) is 4.90. The second kappa shape index (κ2) is 7.07. The molecule has 0 saturated carbocycles. The summed E-state index contributed by atoms with van der Waals surface area (Å²) in [5, 5.41) is 6.11. The Hall–Kier alpha value is -1.66. The molecule has 2 fully saturated rings. The summed E-state index contributed by atoms with van der Waals surface area (Å²) in [5.41, 5.74) is 1.08. The van der Waals surface area contributed by atoms with Gasteiger partial charge in [-0.2, -0.15) is 0 Å². The zero-order valence-electron chi connectivity index (χ0n) is 12.7. The molecule has 2 heterocycles. The van der Waals surface area contributed by atoms with Crippen molar-refractivity contribution >= 4 is 11.6 Å². The number of halogens is 1. The van der Waals surface area contributed by atoms with E-state index in [4.69, 9.17) is 0 Å². The van der Waals surface area contributed by atoms with Crippen molar-refractivity contribution in [2.75, 3.05) is 57.3 Å². The molecule has 120 valence electrons. The number of nitrogens with one attached hydrogen (secondary N) is 2. The van der Waals surface area contributed by atoms with Crippen LogP contribution >= 0.6 is 0 Å². The van der Waals surface area contributed by atoms with Crippen LogP contribution in [-0.4, -0.2) is 63.2 Å². The van der Waals surface area contributed by atoms with Gasteiger partial charge in [0.25, 0.3) is 0 Å². The van der Waals surface area contributed by atoms with Gasteiger partial charge in [0.1, 0.15) is 5.82 Å². The van der Waals surface area contributed by atoms with Gasteiger partial charge < -0.3 is 15.5 Å². The van der Waals surface area contributed by atoms with E-state index >= 15 is 0 Å². The van der Waals surface area contributed by atoms with Crippen molar-refractivity contribution in [2.45, 2.75) is 0 Å². The zero-order chi connectivity index (χ0) is 15.4. The predicted molar refractivity (Wildman–Crippen MR) is 84.4 cm³/mol. The van der Waals surface area contributed by atoms with E-state index in [1.54, 1.807) is 0 Å². The van der Waals surface area contributed by atoms with Crippen molar-refractivity contribution in [2.24, 2.45) is 5.92 Å². The van der Waals surface area contributed by atoms with Gasteiger partial charge >= 0.3 is 0 Å². The fraction of sp³-hybridized carbons (Fsp3) is 0.562. The smallest absolute Gasteiger partial charge is 0.225 e. The van der Waals surface area contributed by atoms with Gasteiger partial charge in [-0.1, -0.05) is 0 Å². The molecule has 0 aliphatic carbocycles. The first-order valence-electron chi connectivity index (χ1n) is 7.94. The molecule has 5 nitrogen and oxygen atoms in total. The van der Waals surface area contributed by atoms with Crippen LogP contribution in [0.5, 0.6) is 0 Å². The Balaban J connectivity index is 1.36. The van der Waals surface area contributed by atoms with Gasteiger partial charge in [-0.05, 0) is 24.3 Å². The van der Waals surface area contributed by atoms with E-state index in [0.717, 1.165) is 51.5 Å². The molecule has 22 heavy (non-hydrogen) atoms. The number of carbonyl (C=O) groups excluding carboxylic acids is 1. The van der Waals surface area contributed by atoms with E-state index in [1.165, 1.54) is 12.1 Å². The lowest BCUT2D eigenvalue weighted by Crippen LogP contribution is -2.52. The van der Waals surface area contributed by atoms with Gasteiger partial charge in [0.05, 0.1) is 5.92 Å². The molecule has 0 unspecified atom stereocenters. The normalized spacial score (nSPS) is 19.8. The van der Waals surface area contributed by atoms with Gasteiger partial charge in [-0.25, -0.2) is 4.39 Å². The number of rotatable bonds is 5. The molecule has 0 atom stereocenters. The Morgan fingerprint density at radius 1 is 1.18 bits per heavy atom. The van der Waals surface area contributed by atoms with Crippen LogP contribution in [0.2, 0.25) is 0 Å². The molecule has 2 N–H and O–H groups in total. The third-order valence-electron chi connectivity index (χ3n) is 4.44. The molecule has 0 spiro atoms. The summed E-state index contributed by atoms with van der Waals surface area (Å²) in [6.45, 7) is 7.04. The first-order chi connectivity index (χ1) is 10.7. The maximum Gasteiger partial charge on any atom is 0.225 e. The minimum absolute atomic E-state index is 0.162. The van der Waals surface area contributed by atoms with E-state index in [1.807, 2.05) is 12.1 Å². The second-order valence-electron chi connectivity index (χ2n) is 5.95. The monoisotopic (exact) mass is 306 g/mol. The quantitative estimate of drug-likeness (QED) is 0.821. The molecule has 2 aliphatic rings. The van der Waals surface area contributed by atoms with Gasteiger partial charge in [-0.15, -0.1) is 0 Å². The minimum atomic E-state index is -0.195. The minimum Gasteiger partial charge on any atom is -0.369 e. The van der Waals surface area contributed by atoms with E-state index in [0.29, 0.717) is 6.54 Å². The maximum atomic E-state index is 12.9. The maximum absolute atomic E-state index is 12.9. The van der Waals surface area contributed by atoms with Crippen molar-refractivity contribution in [1.29, 1.82) is 0 Å². The Labute approximate surface area is 130 Å². The zero-order valence-corrected chi connectivity index (χ0v) is 12.7. The number of anilines is 1. The van der Waals surface area contributed by atoms with Crippen LogP contribution in [-0.2, 0) is 4.79 Å². The lowest BCUT2D eigenvalue weighted by Gasteiger charge is -2.36. The highest BCUT2D eigenvalue weighted by Crippen LogP contribution is 2.16. The van der Waals surface area contributed by atoms with Crippen LogP contribution < -0.4 is 15.5 Å². The summed E-state index contributed by atoms with van der Waals surface area (Å²) in [6, 6.07) is 6.68. The first-order valence-corrected chi connectivity index (χ1v) is 7.94. The van der Waals surface area contributed by atoms with Crippen LogP contribution in [0.1, 0.15) is 0 Å². The van der Waals surface area contributed by atoms with E-state index < -0.39 is 0 Å². The van der Waals surface area contributed by atoms with E-state index in [9.17, 15) is 9.18 Å². The fourth-order valence-electron chi connectivity index (χ4n) is 2.84. The summed E-state index contributed by atoms with van der Waals surface area (Å²) in [7, 11) is 0. The Bertz CT molecular complexity index is 495.